The second kappa shape index (κ2) is 51.4. The molecule has 0 N–H and O–H groups in total. The Labute approximate surface area is 392 Å². The fraction of sp³-hybridized carbons (Fsp3) is 0.603. The van der Waals surface area contributed by atoms with Gasteiger partial charge in [0.2, 0.25) is 0 Å². The molecule has 6 nitrogen and oxygen atoms in total. The van der Waals surface area contributed by atoms with E-state index in [0.717, 1.165) is 122 Å². The van der Waals surface area contributed by atoms with E-state index in [9.17, 15) is 14.4 Å². The molecule has 6 heteroatoms. The minimum Gasteiger partial charge on any atom is -0.462 e. The average Bonchev–Trinajstić information content (AvgIpc) is 3.29. The van der Waals surface area contributed by atoms with E-state index in [1.54, 1.807) is 0 Å². The highest BCUT2D eigenvalue weighted by Gasteiger charge is 2.19. The minimum atomic E-state index is -0.821. The third-order valence-corrected chi connectivity index (χ3v) is 10.2. The first-order chi connectivity index (χ1) is 31.5. The van der Waals surface area contributed by atoms with Gasteiger partial charge in [-0.1, -0.05) is 200 Å². The number of carbonyl (C=O) groups excluding carboxylic acids is 3. The van der Waals surface area contributed by atoms with Gasteiger partial charge >= 0.3 is 17.9 Å². The Bertz CT molecular complexity index is 1390. The number of ether oxygens (including phenoxy) is 3. The number of allylic oxidation sites excluding steroid dienone is 20. The number of esters is 3. The van der Waals surface area contributed by atoms with Crippen molar-refractivity contribution < 1.29 is 28.6 Å². The molecule has 0 aromatic rings. The molecule has 1 unspecified atom stereocenters. The number of hydrogen-bond donors (Lipinski definition) is 0. The van der Waals surface area contributed by atoms with E-state index in [4.69, 9.17) is 14.2 Å². The van der Waals surface area contributed by atoms with Gasteiger partial charge in [0.15, 0.2) is 6.10 Å². The Hall–Kier alpha value is -4.19. The fourth-order valence-corrected chi connectivity index (χ4v) is 6.40. The molecule has 0 radical (unpaired) electrons. The second-order valence-electron chi connectivity index (χ2n) is 16.3. The van der Waals surface area contributed by atoms with Gasteiger partial charge in [-0.15, -0.1) is 0 Å². The van der Waals surface area contributed by atoms with Crippen molar-refractivity contribution in [3.63, 3.8) is 0 Å². The highest BCUT2D eigenvalue weighted by atomic mass is 16.6. The maximum atomic E-state index is 12.8. The molecule has 0 saturated heterocycles. The van der Waals surface area contributed by atoms with E-state index in [2.05, 4.69) is 130 Å². The molecule has 0 heterocycles. The van der Waals surface area contributed by atoms with Crippen molar-refractivity contribution in [3.8, 4) is 0 Å². The maximum Gasteiger partial charge on any atom is 0.306 e. The highest BCUT2D eigenvalue weighted by molar-refractivity contribution is 5.71. The minimum absolute atomic E-state index is 0.115. The SMILES string of the molecule is CC/C=C\C/C=C\C/C=C\C/C=C\C/C=C\C/C=C\CCC(=O)OCC(COC(=O)CCCCCCC/C=C\CCCC)OC(=O)CCCCCCCC/C=C\C/C=C\C/C=C\CC. The van der Waals surface area contributed by atoms with Crippen LogP contribution in [-0.2, 0) is 28.6 Å². The second-order valence-corrected chi connectivity index (χ2v) is 16.3. The Morgan fingerprint density at radius 2 is 0.641 bits per heavy atom. The van der Waals surface area contributed by atoms with E-state index >= 15 is 0 Å². The first-order valence-corrected chi connectivity index (χ1v) is 25.5. The van der Waals surface area contributed by atoms with Crippen molar-refractivity contribution in [3.05, 3.63) is 122 Å². The summed E-state index contributed by atoms with van der Waals surface area (Å²) < 4.78 is 16.7. The summed E-state index contributed by atoms with van der Waals surface area (Å²) in [7, 11) is 0. The van der Waals surface area contributed by atoms with E-state index in [1.807, 2.05) is 12.2 Å². The largest absolute Gasteiger partial charge is 0.462 e. The van der Waals surface area contributed by atoms with Crippen molar-refractivity contribution in [2.24, 2.45) is 0 Å². The van der Waals surface area contributed by atoms with E-state index in [0.29, 0.717) is 19.3 Å². The number of unbranched alkanes of at least 4 members (excludes halogenated alkanes) is 13. The van der Waals surface area contributed by atoms with Crippen molar-refractivity contribution in [2.75, 3.05) is 13.2 Å². The predicted molar refractivity (Wildman–Crippen MR) is 274 cm³/mol. The van der Waals surface area contributed by atoms with Crippen LogP contribution in [0.4, 0.5) is 0 Å². The van der Waals surface area contributed by atoms with Crippen molar-refractivity contribution in [1.82, 2.24) is 0 Å². The standard InChI is InChI=1S/C58H92O6/c1-4-7-10-13-16-19-22-24-26-28-29-30-32-33-36-39-42-45-48-51-57(60)63-54-55(53-62-56(59)50-47-44-41-38-35-21-18-15-12-9-6-3)64-58(61)52-49-46-43-40-37-34-31-27-25-23-20-17-14-11-8-5-2/h7-8,10-11,15-20,24-27,29-30,33,36,42,45,55H,4-6,9,12-14,21-23,28,31-32,34-35,37-41,43-44,46-54H2,1-3H3/b10-7-,11-8-,18-15-,19-16-,20-17-,26-24-,27-25-,30-29-,36-33-,45-42-. The molecule has 1 atom stereocenters. The van der Waals surface area contributed by atoms with Gasteiger partial charge in [0.05, 0.1) is 0 Å². The molecule has 64 heavy (non-hydrogen) atoms. The number of rotatable bonds is 44. The normalized spacial score (nSPS) is 13.1. The van der Waals surface area contributed by atoms with Gasteiger partial charge in [-0.2, -0.15) is 0 Å². The van der Waals surface area contributed by atoms with Gasteiger partial charge in [0.1, 0.15) is 13.2 Å². The van der Waals surface area contributed by atoms with Crippen LogP contribution in [0.25, 0.3) is 0 Å². The summed E-state index contributed by atoms with van der Waals surface area (Å²) in [5.74, 6) is -1.03. The van der Waals surface area contributed by atoms with Crippen LogP contribution in [0.2, 0.25) is 0 Å². The Morgan fingerprint density at radius 1 is 0.328 bits per heavy atom. The van der Waals surface area contributed by atoms with E-state index in [-0.39, 0.29) is 37.5 Å². The summed E-state index contributed by atoms with van der Waals surface area (Å²) in [6, 6.07) is 0. The summed E-state index contributed by atoms with van der Waals surface area (Å²) in [6.07, 6.45) is 70.5. The summed E-state index contributed by atoms with van der Waals surface area (Å²) in [5.41, 5.74) is 0. The molecule has 0 aliphatic rings. The van der Waals surface area contributed by atoms with Crippen molar-refractivity contribution >= 4 is 17.9 Å². The van der Waals surface area contributed by atoms with Gasteiger partial charge in [-0.25, -0.2) is 0 Å². The van der Waals surface area contributed by atoms with Crippen LogP contribution in [0.1, 0.15) is 207 Å². The zero-order valence-corrected chi connectivity index (χ0v) is 41.0. The quantitative estimate of drug-likeness (QED) is 0.0262. The van der Waals surface area contributed by atoms with Crippen LogP contribution in [0.3, 0.4) is 0 Å². The van der Waals surface area contributed by atoms with E-state index < -0.39 is 6.10 Å². The summed E-state index contributed by atoms with van der Waals surface area (Å²) >= 11 is 0. The van der Waals surface area contributed by atoms with Crippen LogP contribution < -0.4 is 0 Å². The lowest BCUT2D eigenvalue weighted by atomic mass is 10.1. The maximum absolute atomic E-state index is 12.8. The van der Waals surface area contributed by atoms with Gasteiger partial charge in [0.25, 0.3) is 0 Å². The molecule has 0 aromatic carbocycles. The summed E-state index contributed by atoms with van der Waals surface area (Å²) in [5, 5.41) is 0. The third-order valence-electron chi connectivity index (χ3n) is 10.2. The molecule has 0 amide bonds. The average molecular weight is 885 g/mol. The molecule has 0 fully saturated rings. The Kier molecular flexibility index (Phi) is 48.1. The summed E-state index contributed by atoms with van der Waals surface area (Å²) in [4.78, 5) is 37.9. The molecule has 0 bridgehead atoms. The molecular formula is C58H92O6. The molecule has 0 aromatic heterocycles. The van der Waals surface area contributed by atoms with Gasteiger partial charge in [-0.3, -0.25) is 14.4 Å². The number of hydrogen-bond acceptors (Lipinski definition) is 6. The van der Waals surface area contributed by atoms with E-state index in [1.165, 1.54) is 38.5 Å². The Balaban J connectivity index is 4.53. The third kappa shape index (κ3) is 48.8. The van der Waals surface area contributed by atoms with Crippen LogP contribution in [0.5, 0.6) is 0 Å². The molecule has 0 rings (SSSR count). The van der Waals surface area contributed by atoms with Gasteiger partial charge in [0, 0.05) is 19.3 Å². The topological polar surface area (TPSA) is 78.9 Å². The molecule has 360 valence electrons. The number of carbonyl (C=O) groups is 3. The molecular weight excluding hydrogens is 793 g/mol. The molecule has 0 spiro atoms. The van der Waals surface area contributed by atoms with Crippen molar-refractivity contribution in [1.29, 1.82) is 0 Å². The molecule has 0 saturated carbocycles. The molecule has 0 aliphatic heterocycles. The smallest absolute Gasteiger partial charge is 0.306 e. The first kappa shape index (κ1) is 59.8. The zero-order valence-electron chi connectivity index (χ0n) is 41.0. The lowest BCUT2D eigenvalue weighted by Crippen LogP contribution is -2.30. The van der Waals surface area contributed by atoms with Crippen molar-refractivity contribution in [2.45, 2.75) is 213 Å². The van der Waals surface area contributed by atoms with Crippen LogP contribution >= 0.6 is 0 Å². The zero-order chi connectivity index (χ0) is 46.5. The monoisotopic (exact) mass is 885 g/mol. The first-order valence-electron chi connectivity index (χ1n) is 25.5. The fourth-order valence-electron chi connectivity index (χ4n) is 6.40. The van der Waals surface area contributed by atoms with Crippen LogP contribution in [0.15, 0.2) is 122 Å². The Morgan fingerprint density at radius 3 is 1.06 bits per heavy atom. The van der Waals surface area contributed by atoms with Crippen LogP contribution in [-0.4, -0.2) is 37.2 Å². The predicted octanol–water partition coefficient (Wildman–Crippen LogP) is 16.9. The van der Waals surface area contributed by atoms with Gasteiger partial charge in [-0.05, 0) is 109 Å². The lowest BCUT2D eigenvalue weighted by Gasteiger charge is -2.18. The van der Waals surface area contributed by atoms with Gasteiger partial charge < -0.3 is 14.2 Å². The highest BCUT2D eigenvalue weighted by Crippen LogP contribution is 2.12. The lowest BCUT2D eigenvalue weighted by molar-refractivity contribution is -0.166. The summed E-state index contributed by atoms with van der Waals surface area (Å²) in [6.45, 7) is 6.27. The molecule has 0 aliphatic carbocycles. The van der Waals surface area contributed by atoms with Crippen LogP contribution in [0, 0.1) is 0 Å².